The molecular formula is C25H36N6O7S. The maximum absolute atomic E-state index is 13.3. The number of rotatable bonds is 5. The van der Waals surface area contributed by atoms with Crippen LogP contribution in [0.5, 0.6) is 0 Å². The average Bonchev–Trinajstić information content (AvgIpc) is 2.89. The molecule has 214 valence electrons. The quantitative estimate of drug-likeness (QED) is 0.209. The maximum atomic E-state index is 13.3. The summed E-state index contributed by atoms with van der Waals surface area (Å²) in [5, 5.41) is 12.6. The molecule has 6 amide bonds. The molecule has 39 heavy (non-hydrogen) atoms. The van der Waals surface area contributed by atoms with Gasteiger partial charge in [-0.2, -0.15) is 12.6 Å². The van der Waals surface area contributed by atoms with E-state index < -0.39 is 72.8 Å². The van der Waals surface area contributed by atoms with Gasteiger partial charge in [-0.1, -0.05) is 44.2 Å². The highest BCUT2D eigenvalue weighted by atomic mass is 32.1. The Morgan fingerprint density at radius 1 is 0.821 bits per heavy atom. The van der Waals surface area contributed by atoms with E-state index in [2.05, 4.69) is 44.7 Å². The van der Waals surface area contributed by atoms with Gasteiger partial charge in [-0.25, -0.2) is 5.48 Å². The molecule has 1 aliphatic heterocycles. The molecule has 14 heteroatoms. The Morgan fingerprint density at radius 2 is 1.46 bits per heavy atom. The first-order chi connectivity index (χ1) is 18.5. The molecule has 1 aliphatic rings. The van der Waals surface area contributed by atoms with Gasteiger partial charge >= 0.3 is 0 Å². The van der Waals surface area contributed by atoms with Gasteiger partial charge in [0.2, 0.25) is 29.5 Å². The molecule has 1 aromatic carbocycles. The fourth-order valence-electron chi connectivity index (χ4n) is 3.65. The van der Waals surface area contributed by atoms with Crippen LogP contribution in [0.15, 0.2) is 30.3 Å². The second-order valence-corrected chi connectivity index (χ2v) is 9.87. The summed E-state index contributed by atoms with van der Waals surface area (Å²) < 4.78 is 0. The molecule has 0 aromatic heterocycles. The summed E-state index contributed by atoms with van der Waals surface area (Å²) in [4.78, 5) is 81.0. The van der Waals surface area contributed by atoms with E-state index in [0.717, 1.165) is 5.56 Å². The van der Waals surface area contributed by atoms with Crippen LogP contribution in [0.1, 0.15) is 32.8 Å². The van der Waals surface area contributed by atoms with Crippen molar-refractivity contribution < 1.29 is 33.6 Å². The van der Waals surface area contributed by atoms with Crippen LogP contribution in [0.3, 0.4) is 0 Å². The van der Waals surface area contributed by atoms with E-state index in [-0.39, 0.29) is 24.5 Å². The Labute approximate surface area is 232 Å². The zero-order chi connectivity index (χ0) is 28.9. The van der Waals surface area contributed by atoms with Crippen LogP contribution in [0, 0.1) is 5.92 Å². The largest absolute Gasteiger partial charge is 0.345 e. The Balaban J connectivity index is 2.34. The summed E-state index contributed by atoms with van der Waals surface area (Å²) in [6.07, 6.45) is 0.367. The van der Waals surface area contributed by atoms with Crippen molar-refractivity contribution in [2.24, 2.45) is 5.92 Å². The van der Waals surface area contributed by atoms with Crippen molar-refractivity contribution in [1.82, 2.24) is 32.1 Å². The van der Waals surface area contributed by atoms with Crippen LogP contribution in [0.4, 0.5) is 0 Å². The van der Waals surface area contributed by atoms with Crippen molar-refractivity contribution in [2.75, 3.05) is 18.9 Å². The number of hydrogen-bond donors (Lipinski definition) is 7. The average molecular weight is 565 g/mol. The molecule has 1 fully saturated rings. The Kier molecular flexibility index (Phi) is 12.7. The molecule has 2 rings (SSSR count). The Bertz CT molecular complexity index is 1040. The van der Waals surface area contributed by atoms with Crippen LogP contribution in [0.25, 0.3) is 0 Å². The number of benzene rings is 1. The molecule has 13 nitrogen and oxygen atoms in total. The molecule has 0 saturated carbocycles. The number of hydrogen-bond acceptors (Lipinski definition) is 8. The predicted molar refractivity (Wildman–Crippen MR) is 144 cm³/mol. The molecule has 0 spiro atoms. The number of hydroxylamine groups is 1. The molecule has 4 unspecified atom stereocenters. The normalized spacial score (nSPS) is 24.6. The minimum Gasteiger partial charge on any atom is -0.345 e. The summed E-state index contributed by atoms with van der Waals surface area (Å²) in [5.41, 5.74) is 2.81. The molecule has 1 saturated heterocycles. The molecule has 0 bridgehead atoms. The van der Waals surface area contributed by atoms with Crippen LogP contribution >= 0.6 is 12.6 Å². The summed E-state index contributed by atoms with van der Waals surface area (Å²) in [6, 6.07) is 4.69. The summed E-state index contributed by atoms with van der Waals surface area (Å²) in [6.45, 7) is 4.05. The molecule has 6 N–H and O–H groups in total. The topological polar surface area (TPSA) is 184 Å². The van der Waals surface area contributed by atoms with E-state index in [0.29, 0.717) is 0 Å². The van der Waals surface area contributed by atoms with E-state index in [9.17, 15) is 28.8 Å². The van der Waals surface area contributed by atoms with Crippen LogP contribution in [-0.2, 0) is 40.0 Å². The molecule has 4 atom stereocenters. The number of thiol groups is 1. The van der Waals surface area contributed by atoms with Crippen LogP contribution in [0.2, 0.25) is 0 Å². The second-order valence-electron chi connectivity index (χ2n) is 9.51. The number of carbonyl (C=O) groups excluding carboxylic acids is 6. The van der Waals surface area contributed by atoms with Crippen LogP contribution < -0.4 is 32.1 Å². The lowest BCUT2D eigenvalue weighted by Gasteiger charge is -2.25. The highest BCUT2D eigenvalue weighted by Crippen LogP contribution is 2.08. The van der Waals surface area contributed by atoms with E-state index in [4.69, 9.17) is 4.84 Å². The van der Waals surface area contributed by atoms with Gasteiger partial charge in [0.1, 0.15) is 24.2 Å². The van der Waals surface area contributed by atoms with Gasteiger partial charge in [0.05, 0.1) is 6.54 Å². The maximum Gasteiger partial charge on any atom is 0.265 e. The SMILES string of the molecule is CC(C)CC1NC(=O)CONC(=O)C(C)NC(=O)CNC(=O)C(CS)NC(=O)C(Cc2ccccc2)NC1=O. The zero-order valence-electron chi connectivity index (χ0n) is 22.1. The third kappa shape index (κ3) is 10.9. The van der Waals surface area contributed by atoms with E-state index in [1.54, 1.807) is 24.3 Å². The fraction of sp³-hybridized carbons (Fsp3) is 0.520. The number of carbonyl (C=O) groups is 6. The van der Waals surface area contributed by atoms with Crippen molar-refractivity contribution in [3.05, 3.63) is 35.9 Å². The zero-order valence-corrected chi connectivity index (χ0v) is 23.0. The highest BCUT2D eigenvalue weighted by Gasteiger charge is 2.30. The monoisotopic (exact) mass is 564 g/mol. The Morgan fingerprint density at radius 3 is 2.10 bits per heavy atom. The Hall–Kier alpha value is -3.65. The third-order valence-electron chi connectivity index (χ3n) is 5.66. The summed E-state index contributed by atoms with van der Waals surface area (Å²) >= 11 is 4.14. The smallest absolute Gasteiger partial charge is 0.265 e. The summed E-state index contributed by atoms with van der Waals surface area (Å²) in [7, 11) is 0. The first-order valence-electron chi connectivity index (χ1n) is 12.5. The minimum atomic E-state index is -1.12. The van der Waals surface area contributed by atoms with Crippen molar-refractivity contribution in [3.63, 3.8) is 0 Å². The van der Waals surface area contributed by atoms with Gasteiger partial charge < -0.3 is 26.6 Å². The second kappa shape index (κ2) is 15.7. The molecular weight excluding hydrogens is 528 g/mol. The lowest BCUT2D eigenvalue weighted by Crippen LogP contribution is -2.58. The fourth-order valence-corrected chi connectivity index (χ4v) is 3.90. The molecule has 0 aliphatic carbocycles. The van der Waals surface area contributed by atoms with Crippen molar-refractivity contribution >= 4 is 48.1 Å². The molecule has 0 radical (unpaired) electrons. The van der Waals surface area contributed by atoms with Gasteiger partial charge in [-0.15, -0.1) is 0 Å². The molecule has 1 heterocycles. The van der Waals surface area contributed by atoms with E-state index in [1.807, 2.05) is 19.9 Å². The van der Waals surface area contributed by atoms with Crippen LogP contribution in [-0.4, -0.2) is 78.5 Å². The van der Waals surface area contributed by atoms with Gasteiger partial charge in [-0.05, 0) is 24.8 Å². The first-order valence-corrected chi connectivity index (χ1v) is 13.2. The highest BCUT2D eigenvalue weighted by molar-refractivity contribution is 7.80. The minimum absolute atomic E-state index is 0.00592. The summed E-state index contributed by atoms with van der Waals surface area (Å²) in [5.74, 6) is -4.10. The third-order valence-corrected chi connectivity index (χ3v) is 6.03. The van der Waals surface area contributed by atoms with Crippen molar-refractivity contribution in [3.8, 4) is 0 Å². The van der Waals surface area contributed by atoms with E-state index in [1.165, 1.54) is 6.92 Å². The number of amides is 6. The van der Waals surface area contributed by atoms with Crippen molar-refractivity contribution in [2.45, 2.75) is 57.8 Å². The molecule has 1 aromatic rings. The van der Waals surface area contributed by atoms with Gasteiger partial charge in [0, 0.05) is 12.2 Å². The lowest BCUT2D eigenvalue weighted by molar-refractivity contribution is -0.143. The number of nitrogens with one attached hydrogen (secondary N) is 6. The van der Waals surface area contributed by atoms with Gasteiger partial charge in [0.15, 0.2) is 6.61 Å². The lowest BCUT2D eigenvalue weighted by atomic mass is 10.0. The predicted octanol–water partition coefficient (Wildman–Crippen LogP) is -1.66. The standard InChI is InChI=1S/C25H36N6O7S/c1-14(2)9-17-24(36)29-18(10-16-7-5-4-6-8-16)25(37)30-19(13-39)23(35)26-11-20(32)27-15(3)22(34)31-38-12-21(33)28-17/h4-8,14-15,17-19,39H,9-13H2,1-3H3,(H,26,35)(H,27,32)(H,28,33)(H,29,36)(H,30,37)(H,31,34). The van der Waals surface area contributed by atoms with Gasteiger partial charge in [0.25, 0.3) is 5.91 Å². The van der Waals surface area contributed by atoms with Crippen molar-refractivity contribution in [1.29, 1.82) is 0 Å². The first kappa shape index (κ1) is 31.6. The van der Waals surface area contributed by atoms with E-state index >= 15 is 0 Å². The van der Waals surface area contributed by atoms with Gasteiger partial charge in [-0.3, -0.25) is 33.6 Å².